The van der Waals surface area contributed by atoms with E-state index in [1.807, 2.05) is 13.8 Å². The number of hydrogen-bond acceptors (Lipinski definition) is 5. The van der Waals surface area contributed by atoms with Gasteiger partial charge in [-0.15, -0.1) is 0 Å². The number of nitrogens with one attached hydrogen (secondary N) is 2. The molecule has 1 aromatic rings. The van der Waals surface area contributed by atoms with Crippen LogP contribution in [0.25, 0.3) is 0 Å². The van der Waals surface area contributed by atoms with Crippen LogP contribution >= 0.6 is 0 Å². The number of halogens is 1. The Balaban J connectivity index is 2.43. The third kappa shape index (κ3) is 4.83. The number of nitrogens with zero attached hydrogens (tertiary/aromatic N) is 2. The van der Waals surface area contributed by atoms with Gasteiger partial charge in [0.1, 0.15) is 0 Å². The summed E-state index contributed by atoms with van der Waals surface area (Å²) >= 11 is 0. The lowest BCUT2D eigenvalue weighted by atomic mass is 10.1. The lowest BCUT2D eigenvalue weighted by Gasteiger charge is -2.10. The molecule has 0 radical (unpaired) electrons. The molecule has 18 heavy (non-hydrogen) atoms. The van der Waals surface area contributed by atoms with Gasteiger partial charge in [0.25, 0.3) is 0 Å². The topological polar surface area (TPSA) is 70.1 Å². The molecule has 0 aliphatic heterocycles. The van der Waals surface area contributed by atoms with Crippen LogP contribution in [-0.4, -0.2) is 34.8 Å². The molecule has 1 heterocycles. The van der Waals surface area contributed by atoms with Crippen molar-refractivity contribution in [2.24, 2.45) is 5.92 Å². The van der Waals surface area contributed by atoms with E-state index in [9.17, 15) is 4.39 Å². The van der Waals surface area contributed by atoms with Crippen molar-refractivity contribution >= 4 is 11.8 Å². The van der Waals surface area contributed by atoms with E-state index in [1.54, 1.807) is 0 Å². The number of anilines is 2. The van der Waals surface area contributed by atoms with Crippen LogP contribution in [0.15, 0.2) is 6.20 Å². The van der Waals surface area contributed by atoms with E-state index in [4.69, 9.17) is 5.11 Å². The SMILES string of the molecule is CCNc1ncc(F)c(NCCCC(C)CO)n1. The fourth-order valence-electron chi connectivity index (χ4n) is 1.48. The molecule has 0 spiro atoms. The molecule has 5 nitrogen and oxygen atoms in total. The largest absolute Gasteiger partial charge is 0.396 e. The highest BCUT2D eigenvalue weighted by molar-refractivity contribution is 5.40. The molecule has 1 rings (SSSR count). The van der Waals surface area contributed by atoms with Gasteiger partial charge >= 0.3 is 0 Å². The summed E-state index contributed by atoms with van der Waals surface area (Å²) in [5.41, 5.74) is 0. The summed E-state index contributed by atoms with van der Waals surface area (Å²) in [6.45, 7) is 5.42. The second-order valence-corrected chi connectivity index (χ2v) is 4.28. The number of hydrogen-bond donors (Lipinski definition) is 3. The monoisotopic (exact) mass is 256 g/mol. The van der Waals surface area contributed by atoms with E-state index in [2.05, 4.69) is 20.6 Å². The fourth-order valence-corrected chi connectivity index (χ4v) is 1.48. The molecule has 0 aliphatic carbocycles. The highest BCUT2D eigenvalue weighted by Crippen LogP contribution is 2.12. The Morgan fingerprint density at radius 3 is 2.89 bits per heavy atom. The molecule has 0 bridgehead atoms. The predicted octanol–water partition coefficient (Wildman–Crippen LogP) is 1.87. The summed E-state index contributed by atoms with van der Waals surface area (Å²) in [4.78, 5) is 7.87. The Kier molecular flexibility index (Phi) is 6.35. The number of aliphatic hydroxyl groups is 1. The van der Waals surface area contributed by atoms with Gasteiger partial charge in [-0.05, 0) is 25.7 Å². The second kappa shape index (κ2) is 7.81. The van der Waals surface area contributed by atoms with E-state index < -0.39 is 5.82 Å². The second-order valence-electron chi connectivity index (χ2n) is 4.28. The smallest absolute Gasteiger partial charge is 0.224 e. The quantitative estimate of drug-likeness (QED) is 0.619. The minimum absolute atomic E-state index is 0.187. The van der Waals surface area contributed by atoms with E-state index in [-0.39, 0.29) is 18.3 Å². The predicted molar refractivity (Wildman–Crippen MR) is 70.1 cm³/mol. The van der Waals surface area contributed by atoms with Crippen LogP contribution in [-0.2, 0) is 0 Å². The minimum atomic E-state index is -0.452. The first-order valence-electron chi connectivity index (χ1n) is 6.28. The number of aromatic nitrogens is 2. The molecule has 3 N–H and O–H groups in total. The van der Waals surface area contributed by atoms with Crippen LogP contribution < -0.4 is 10.6 Å². The average molecular weight is 256 g/mol. The molecular formula is C12H21FN4O. The Labute approximate surface area is 107 Å². The lowest BCUT2D eigenvalue weighted by molar-refractivity contribution is 0.229. The van der Waals surface area contributed by atoms with Gasteiger partial charge in [0.15, 0.2) is 11.6 Å². The van der Waals surface area contributed by atoms with E-state index in [0.29, 0.717) is 19.0 Å². The molecule has 1 atom stereocenters. The summed E-state index contributed by atoms with van der Waals surface area (Å²) in [6.07, 6.45) is 2.92. The summed E-state index contributed by atoms with van der Waals surface area (Å²) in [5.74, 6) is 0.467. The molecule has 0 fully saturated rings. The lowest BCUT2D eigenvalue weighted by Crippen LogP contribution is -2.11. The molecule has 0 aromatic carbocycles. The normalized spacial score (nSPS) is 12.2. The van der Waals surface area contributed by atoms with Crippen LogP contribution in [0.2, 0.25) is 0 Å². The Bertz CT molecular complexity index is 362. The van der Waals surface area contributed by atoms with E-state index in [0.717, 1.165) is 19.0 Å². The zero-order valence-electron chi connectivity index (χ0n) is 10.9. The molecular weight excluding hydrogens is 235 g/mol. The molecule has 0 amide bonds. The summed E-state index contributed by atoms with van der Waals surface area (Å²) in [5, 5.41) is 14.8. The van der Waals surface area contributed by atoms with E-state index >= 15 is 0 Å². The van der Waals surface area contributed by atoms with Gasteiger partial charge in [-0.3, -0.25) is 0 Å². The molecule has 0 saturated heterocycles. The molecule has 102 valence electrons. The van der Waals surface area contributed by atoms with Gasteiger partial charge < -0.3 is 15.7 Å². The average Bonchev–Trinajstić information content (AvgIpc) is 2.38. The Morgan fingerprint density at radius 2 is 2.22 bits per heavy atom. The molecule has 1 aromatic heterocycles. The van der Waals surface area contributed by atoms with Crippen molar-refractivity contribution in [3.05, 3.63) is 12.0 Å². The number of rotatable bonds is 8. The molecule has 1 unspecified atom stereocenters. The maximum absolute atomic E-state index is 13.4. The number of aliphatic hydroxyl groups excluding tert-OH is 1. The van der Waals surface area contributed by atoms with Gasteiger partial charge in [-0.2, -0.15) is 4.98 Å². The van der Waals surface area contributed by atoms with Crippen molar-refractivity contribution in [2.45, 2.75) is 26.7 Å². The third-order valence-corrected chi connectivity index (χ3v) is 2.56. The zero-order valence-corrected chi connectivity index (χ0v) is 10.9. The van der Waals surface area contributed by atoms with E-state index in [1.165, 1.54) is 0 Å². The molecule has 6 heteroatoms. The first-order valence-corrected chi connectivity index (χ1v) is 6.28. The van der Waals surface area contributed by atoms with Crippen LogP contribution in [0.3, 0.4) is 0 Å². The van der Waals surface area contributed by atoms with Crippen molar-refractivity contribution in [3.8, 4) is 0 Å². The molecule has 0 aliphatic rings. The zero-order chi connectivity index (χ0) is 13.4. The van der Waals surface area contributed by atoms with Crippen LogP contribution in [0, 0.1) is 11.7 Å². The van der Waals surface area contributed by atoms with Crippen molar-refractivity contribution < 1.29 is 9.50 Å². The van der Waals surface area contributed by atoms with Gasteiger partial charge in [0, 0.05) is 19.7 Å². The first kappa shape index (κ1) is 14.6. The van der Waals surface area contributed by atoms with Crippen LogP contribution in [0.4, 0.5) is 16.2 Å². The van der Waals surface area contributed by atoms with Crippen molar-refractivity contribution in [3.63, 3.8) is 0 Å². The fraction of sp³-hybridized carbons (Fsp3) is 0.667. The van der Waals surface area contributed by atoms with Crippen LogP contribution in [0.1, 0.15) is 26.7 Å². The van der Waals surface area contributed by atoms with Gasteiger partial charge in [0.2, 0.25) is 5.95 Å². The van der Waals surface area contributed by atoms with Gasteiger partial charge in [-0.1, -0.05) is 6.92 Å². The van der Waals surface area contributed by atoms with Gasteiger partial charge in [0.05, 0.1) is 6.20 Å². The summed E-state index contributed by atoms with van der Waals surface area (Å²) in [7, 11) is 0. The highest BCUT2D eigenvalue weighted by Gasteiger charge is 2.06. The summed E-state index contributed by atoms with van der Waals surface area (Å²) < 4.78 is 13.4. The first-order chi connectivity index (χ1) is 8.67. The summed E-state index contributed by atoms with van der Waals surface area (Å²) in [6, 6.07) is 0. The van der Waals surface area contributed by atoms with Crippen molar-refractivity contribution in [1.82, 2.24) is 9.97 Å². The maximum Gasteiger partial charge on any atom is 0.224 e. The minimum Gasteiger partial charge on any atom is -0.396 e. The van der Waals surface area contributed by atoms with Crippen molar-refractivity contribution in [2.75, 3.05) is 30.3 Å². The Morgan fingerprint density at radius 1 is 1.44 bits per heavy atom. The molecule has 0 saturated carbocycles. The van der Waals surface area contributed by atoms with Crippen LogP contribution in [0.5, 0.6) is 0 Å². The third-order valence-electron chi connectivity index (χ3n) is 2.56. The standard InChI is InChI=1S/C12H21FN4O/c1-3-14-12-16-7-10(13)11(17-12)15-6-4-5-9(2)8-18/h7,9,18H,3-6,8H2,1-2H3,(H2,14,15,16,17). The van der Waals surface area contributed by atoms with Crippen molar-refractivity contribution in [1.29, 1.82) is 0 Å². The Hall–Kier alpha value is -1.43. The highest BCUT2D eigenvalue weighted by atomic mass is 19.1. The maximum atomic E-state index is 13.4. The van der Waals surface area contributed by atoms with Gasteiger partial charge in [-0.25, -0.2) is 9.37 Å².